The third-order valence-corrected chi connectivity index (χ3v) is 4.83. The van der Waals surface area contributed by atoms with Gasteiger partial charge >= 0.3 is 0 Å². The molecule has 0 N–H and O–H groups in total. The van der Waals surface area contributed by atoms with Gasteiger partial charge in [0.25, 0.3) is 0 Å². The minimum Gasteiger partial charge on any atom is -0.361 e. The molecule has 0 amide bonds. The van der Waals surface area contributed by atoms with Gasteiger partial charge in [0.15, 0.2) is 0 Å². The number of ether oxygens (including phenoxy) is 1. The predicted octanol–water partition coefficient (Wildman–Crippen LogP) is 5.53. The van der Waals surface area contributed by atoms with Gasteiger partial charge in [0.1, 0.15) is 5.60 Å². The van der Waals surface area contributed by atoms with Crippen molar-refractivity contribution in [1.29, 1.82) is 0 Å². The summed E-state index contributed by atoms with van der Waals surface area (Å²) in [5.41, 5.74) is 3.06. The molecule has 1 aliphatic heterocycles. The van der Waals surface area contributed by atoms with Crippen molar-refractivity contribution in [2.24, 2.45) is 0 Å². The minimum atomic E-state index is -0.457. The van der Waals surface area contributed by atoms with E-state index in [1.54, 1.807) is 6.07 Å². The van der Waals surface area contributed by atoms with E-state index in [0.29, 0.717) is 16.7 Å². The fourth-order valence-corrected chi connectivity index (χ4v) is 3.87. The molecule has 1 aliphatic rings. The van der Waals surface area contributed by atoms with Gasteiger partial charge in [-0.1, -0.05) is 47.5 Å². The average molecular weight is 387 g/mol. The monoisotopic (exact) mass is 385 g/mol. The van der Waals surface area contributed by atoms with Gasteiger partial charge in [0.05, 0.1) is 6.61 Å². The lowest BCUT2D eigenvalue weighted by atomic mass is 9.82. The molecule has 0 radical (unpaired) electrons. The Bertz CT molecular complexity index is 685. The van der Waals surface area contributed by atoms with Crippen LogP contribution in [0.1, 0.15) is 29.5 Å². The number of halogens is 3. The summed E-state index contributed by atoms with van der Waals surface area (Å²) >= 11 is 12.5. The van der Waals surface area contributed by atoms with Crippen molar-refractivity contribution in [2.75, 3.05) is 20.6 Å². The summed E-state index contributed by atoms with van der Waals surface area (Å²) in [6, 6.07) is 14.1. The zero-order valence-electron chi connectivity index (χ0n) is 13.9. The van der Waals surface area contributed by atoms with Gasteiger partial charge in [-0.15, -0.1) is 12.4 Å². The Balaban J connectivity index is 0.00000208. The first-order valence-corrected chi connectivity index (χ1v) is 8.60. The Labute approximate surface area is 160 Å². The molecule has 0 fully saturated rings. The van der Waals surface area contributed by atoms with Crippen LogP contribution in [0, 0.1) is 0 Å². The third-order valence-electron chi connectivity index (χ3n) is 4.39. The van der Waals surface area contributed by atoms with Crippen LogP contribution in [-0.4, -0.2) is 25.5 Å². The SMILES string of the molecule is CN(C)CCCC1(c2cc(Cl)cc(Cl)c2)OCc2ccccc21.Cl. The van der Waals surface area contributed by atoms with E-state index in [9.17, 15) is 0 Å². The molecule has 2 nitrogen and oxygen atoms in total. The van der Waals surface area contributed by atoms with E-state index in [0.717, 1.165) is 24.9 Å². The Kier molecular flexibility index (Phi) is 6.58. The summed E-state index contributed by atoms with van der Waals surface area (Å²) in [4.78, 5) is 2.19. The summed E-state index contributed by atoms with van der Waals surface area (Å²) in [7, 11) is 4.18. The van der Waals surface area contributed by atoms with E-state index in [1.807, 2.05) is 12.1 Å². The van der Waals surface area contributed by atoms with E-state index < -0.39 is 5.60 Å². The van der Waals surface area contributed by atoms with Gasteiger partial charge in [-0.05, 0) is 68.4 Å². The molecule has 1 unspecified atom stereocenters. The molecule has 0 saturated heterocycles. The number of nitrogens with zero attached hydrogens (tertiary/aromatic N) is 1. The third kappa shape index (κ3) is 3.89. The van der Waals surface area contributed by atoms with Gasteiger partial charge in [-0.25, -0.2) is 0 Å². The first-order valence-electron chi connectivity index (χ1n) is 7.85. The molecular weight excluding hydrogens is 365 g/mol. The zero-order valence-corrected chi connectivity index (χ0v) is 16.2. The Hall–Kier alpha value is -0.770. The van der Waals surface area contributed by atoms with Crippen LogP contribution in [0.2, 0.25) is 10.0 Å². The molecule has 0 aromatic heterocycles. The summed E-state index contributed by atoms with van der Waals surface area (Å²) in [5, 5.41) is 1.29. The van der Waals surface area contributed by atoms with Crippen molar-refractivity contribution in [2.45, 2.75) is 25.0 Å². The zero-order chi connectivity index (χ0) is 16.4. The molecule has 24 heavy (non-hydrogen) atoms. The van der Waals surface area contributed by atoms with E-state index >= 15 is 0 Å². The minimum absolute atomic E-state index is 0. The first kappa shape index (κ1) is 19.6. The number of hydrogen-bond acceptors (Lipinski definition) is 2. The van der Waals surface area contributed by atoms with Crippen LogP contribution in [0.4, 0.5) is 0 Å². The van der Waals surface area contributed by atoms with Crippen LogP contribution in [0.5, 0.6) is 0 Å². The fourth-order valence-electron chi connectivity index (χ4n) is 3.34. The van der Waals surface area contributed by atoms with Crippen LogP contribution in [0.15, 0.2) is 42.5 Å². The Morgan fingerprint density at radius 1 is 1.08 bits per heavy atom. The fraction of sp³-hybridized carbons (Fsp3) is 0.368. The predicted molar refractivity (Wildman–Crippen MR) is 104 cm³/mol. The molecular formula is C19H22Cl3NO. The second kappa shape index (κ2) is 8.07. The highest BCUT2D eigenvalue weighted by Gasteiger charge is 2.41. The number of rotatable bonds is 5. The molecule has 0 aliphatic carbocycles. The molecule has 2 aromatic carbocycles. The van der Waals surface area contributed by atoms with Gasteiger partial charge in [-0.2, -0.15) is 0 Å². The Morgan fingerprint density at radius 2 is 1.75 bits per heavy atom. The topological polar surface area (TPSA) is 12.5 Å². The van der Waals surface area contributed by atoms with E-state index in [1.165, 1.54) is 11.1 Å². The summed E-state index contributed by atoms with van der Waals surface area (Å²) in [6.45, 7) is 1.64. The standard InChI is InChI=1S/C19H21Cl2NO.ClH/c1-22(2)9-5-8-19(15-10-16(20)12-17(21)11-15)18-7-4-3-6-14(18)13-23-19;/h3-4,6-7,10-12H,5,8-9,13H2,1-2H3;1H. The lowest BCUT2D eigenvalue weighted by Gasteiger charge is -2.31. The average Bonchev–Trinajstić information content (AvgIpc) is 2.86. The van der Waals surface area contributed by atoms with Crippen molar-refractivity contribution in [3.05, 3.63) is 69.2 Å². The molecule has 130 valence electrons. The van der Waals surface area contributed by atoms with Crippen molar-refractivity contribution in [1.82, 2.24) is 4.90 Å². The van der Waals surface area contributed by atoms with Gasteiger partial charge in [0, 0.05) is 10.0 Å². The summed E-state index contributed by atoms with van der Waals surface area (Å²) < 4.78 is 6.35. The largest absolute Gasteiger partial charge is 0.361 e. The van der Waals surface area contributed by atoms with Crippen molar-refractivity contribution in [3.63, 3.8) is 0 Å². The highest BCUT2D eigenvalue weighted by Crippen LogP contribution is 2.46. The van der Waals surface area contributed by atoms with Gasteiger partial charge in [-0.3, -0.25) is 0 Å². The Morgan fingerprint density at radius 3 is 2.42 bits per heavy atom. The van der Waals surface area contributed by atoms with Crippen LogP contribution in [-0.2, 0) is 16.9 Å². The van der Waals surface area contributed by atoms with E-state index in [4.69, 9.17) is 27.9 Å². The molecule has 2 aromatic rings. The van der Waals surface area contributed by atoms with Crippen molar-refractivity contribution >= 4 is 35.6 Å². The summed E-state index contributed by atoms with van der Waals surface area (Å²) in [5.74, 6) is 0. The van der Waals surface area contributed by atoms with Gasteiger partial charge in [0.2, 0.25) is 0 Å². The second-order valence-electron chi connectivity index (χ2n) is 6.34. The van der Waals surface area contributed by atoms with Crippen LogP contribution < -0.4 is 0 Å². The molecule has 0 saturated carbocycles. The van der Waals surface area contributed by atoms with E-state index in [-0.39, 0.29) is 12.4 Å². The van der Waals surface area contributed by atoms with Crippen LogP contribution >= 0.6 is 35.6 Å². The quantitative estimate of drug-likeness (QED) is 0.670. The summed E-state index contributed by atoms with van der Waals surface area (Å²) in [6.07, 6.45) is 1.93. The highest BCUT2D eigenvalue weighted by atomic mass is 35.5. The molecule has 1 atom stereocenters. The normalized spacial score (nSPS) is 19.2. The molecule has 1 heterocycles. The maximum atomic E-state index is 6.35. The lowest BCUT2D eigenvalue weighted by Crippen LogP contribution is -2.28. The second-order valence-corrected chi connectivity index (χ2v) is 7.21. The maximum absolute atomic E-state index is 6.35. The maximum Gasteiger partial charge on any atom is 0.119 e. The lowest BCUT2D eigenvalue weighted by molar-refractivity contribution is -0.0139. The van der Waals surface area contributed by atoms with Crippen LogP contribution in [0.3, 0.4) is 0 Å². The molecule has 0 spiro atoms. The number of hydrogen-bond donors (Lipinski definition) is 0. The van der Waals surface area contributed by atoms with Gasteiger partial charge < -0.3 is 9.64 Å². The highest BCUT2D eigenvalue weighted by molar-refractivity contribution is 6.34. The first-order chi connectivity index (χ1) is 11.0. The number of fused-ring (bicyclic) bond motifs is 1. The molecule has 3 rings (SSSR count). The smallest absolute Gasteiger partial charge is 0.119 e. The van der Waals surface area contributed by atoms with E-state index in [2.05, 4.69) is 43.3 Å². The van der Waals surface area contributed by atoms with Crippen molar-refractivity contribution in [3.8, 4) is 0 Å². The molecule has 0 bridgehead atoms. The van der Waals surface area contributed by atoms with Crippen LogP contribution in [0.25, 0.3) is 0 Å². The van der Waals surface area contributed by atoms with Crippen molar-refractivity contribution < 1.29 is 4.74 Å². The number of benzene rings is 2. The molecule has 5 heteroatoms.